The maximum absolute atomic E-state index is 12.4. The van der Waals surface area contributed by atoms with Gasteiger partial charge in [-0.1, -0.05) is 13.3 Å². The highest BCUT2D eigenvalue weighted by atomic mass is 16.6. The molecule has 0 aromatic heterocycles. The van der Waals surface area contributed by atoms with Gasteiger partial charge in [0, 0.05) is 0 Å². The van der Waals surface area contributed by atoms with E-state index in [0.29, 0.717) is 25.7 Å². The molecule has 0 aromatic carbocycles. The Balaban J connectivity index is 4.41. The van der Waals surface area contributed by atoms with Crippen molar-refractivity contribution in [3.63, 3.8) is 0 Å². The fourth-order valence-corrected chi connectivity index (χ4v) is 2.50. The fourth-order valence-electron chi connectivity index (χ4n) is 2.50. The smallest absolute Gasteiger partial charge is 0.313 e. The first-order valence-corrected chi connectivity index (χ1v) is 9.59. The van der Waals surface area contributed by atoms with Gasteiger partial charge in [-0.2, -0.15) is 0 Å². The summed E-state index contributed by atoms with van der Waals surface area (Å²) in [7, 11) is 0. The molecule has 0 radical (unpaired) electrons. The molecule has 0 amide bonds. The van der Waals surface area contributed by atoms with Crippen molar-refractivity contribution >= 4 is 23.7 Å². The lowest BCUT2D eigenvalue weighted by Gasteiger charge is -2.28. The van der Waals surface area contributed by atoms with Crippen LogP contribution in [0.4, 0.5) is 0 Å². The van der Waals surface area contributed by atoms with Gasteiger partial charge in [0.1, 0.15) is 32.0 Å². The first-order valence-electron chi connectivity index (χ1n) is 9.59. The van der Waals surface area contributed by atoms with Crippen molar-refractivity contribution in [3.8, 4) is 0 Å². The Morgan fingerprint density at radius 2 is 1.43 bits per heavy atom. The lowest BCUT2D eigenvalue weighted by atomic mass is 9.79. The third kappa shape index (κ3) is 9.82. The number of hydrogen-bond acceptors (Lipinski definition) is 8. The van der Waals surface area contributed by atoms with Gasteiger partial charge >= 0.3 is 17.9 Å². The largest absolute Gasteiger partial charge is 0.463 e. The Labute approximate surface area is 166 Å². The summed E-state index contributed by atoms with van der Waals surface area (Å²) < 4.78 is 15.0. The first-order chi connectivity index (χ1) is 13.0. The maximum atomic E-state index is 12.4. The third-order valence-corrected chi connectivity index (χ3v) is 4.65. The molecule has 8 nitrogen and oxygen atoms in total. The Bertz CT molecular complexity index is 540. The van der Waals surface area contributed by atoms with E-state index in [-0.39, 0.29) is 44.6 Å². The highest BCUT2D eigenvalue weighted by Crippen LogP contribution is 2.33. The van der Waals surface area contributed by atoms with Gasteiger partial charge in [0.25, 0.3) is 0 Å². The molecule has 0 spiro atoms. The van der Waals surface area contributed by atoms with Crippen LogP contribution in [0.25, 0.3) is 0 Å². The average Bonchev–Trinajstić information content (AvgIpc) is 2.61. The van der Waals surface area contributed by atoms with Gasteiger partial charge in [0.15, 0.2) is 0 Å². The first kappa shape index (κ1) is 26.0. The Morgan fingerprint density at radius 1 is 0.857 bits per heavy atom. The van der Waals surface area contributed by atoms with Crippen LogP contribution in [0.3, 0.4) is 0 Å². The number of esters is 3. The van der Waals surface area contributed by atoms with Gasteiger partial charge in [0.05, 0.1) is 17.4 Å². The van der Waals surface area contributed by atoms with E-state index in [4.69, 9.17) is 19.3 Å². The van der Waals surface area contributed by atoms with Crippen LogP contribution in [0.15, 0.2) is 0 Å². The highest BCUT2D eigenvalue weighted by molar-refractivity contribution is 5.94. The number of aliphatic hydroxyl groups is 1. The second-order valence-electron chi connectivity index (χ2n) is 7.75. The van der Waals surface area contributed by atoms with Crippen LogP contribution in [0.2, 0.25) is 0 Å². The molecule has 0 aliphatic heterocycles. The molecule has 0 heterocycles. The molecule has 0 aromatic rings. The molecular formula is C20H34O8. The summed E-state index contributed by atoms with van der Waals surface area (Å²) in [4.78, 5) is 46.5. The van der Waals surface area contributed by atoms with Crippen LogP contribution >= 0.6 is 0 Å². The lowest BCUT2D eigenvalue weighted by molar-refractivity contribution is -0.161. The summed E-state index contributed by atoms with van der Waals surface area (Å²) in [6, 6.07) is 0. The Kier molecular flexibility index (Phi) is 11.6. The minimum Gasteiger partial charge on any atom is -0.463 e. The van der Waals surface area contributed by atoms with Crippen LogP contribution in [0.1, 0.15) is 66.7 Å². The van der Waals surface area contributed by atoms with Crippen molar-refractivity contribution in [1.29, 1.82) is 0 Å². The Hall–Kier alpha value is -1.96. The Morgan fingerprint density at radius 3 is 1.96 bits per heavy atom. The summed E-state index contributed by atoms with van der Waals surface area (Å²) in [5.74, 6) is -1.70. The van der Waals surface area contributed by atoms with Gasteiger partial charge in [0.2, 0.25) is 0 Å². The second kappa shape index (κ2) is 12.5. The average molecular weight is 402 g/mol. The van der Waals surface area contributed by atoms with Crippen molar-refractivity contribution in [3.05, 3.63) is 0 Å². The van der Waals surface area contributed by atoms with E-state index in [1.807, 2.05) is 6.92 Å². The minimum absolute atomic E-state index is 0.0295. The third-order valence-electron chi connectivity index (χ3n) is 4.65. The predicted molar refractivity (Wildman–Crippen MR) is 101 cm³/mol. The molecule has 1 N–H and O–H groups in total. The highest BCUT2D eigenvalue weighted by Gasteiger charge is 2.35. The van der Waals surface area contributed by atoms with Gasteiger partial charge in [-0.3, -0.25) is 19.2 Å². The van der Waals surface area contributed by atoms with Crippen LogP contribution < -0.4 is 0 Å². The summed E-state index contributed by atoms with van der Waals surface area (Å²) in [5.41, 5.74) is -1.42. The number of ketones is 1. The van der Waals surface area contributed by atoms with Gasteiger partial charge in [-0.05, 0) is 47.0 Å². The number of carbonyl (C=O) groups excluding carboxylic acids is 4. The molecule has 0 saturated carbocycles. The van der Waals surface area contributed by atoms with E-state index >= 15 is 0 Å². The zero-order valence-corrected chi connectivity index (χ0v) is 17.7. The van der Waals surface area contributed by atoms with E-state index < -0.39 is 22.8 Å². The van der Waals surface area contributed by atoms with E-state index in [0.717, 1.165) is 0 Å². The van der Waals surface area contributed by atoms with Gasteiger partial charge in [-0.25, -0.2) is 0 Å². The SMILES string of the molecule is CCC(C)(CCCC(C)(C)C(=O)OCCO)C(=O)OCCOC(=O)CC(C)=O. The van der Waals surface area contributed by atoms with Crippen molar-refractivity contribution in [2.45, 2.75) is 66.7 Å². The minimum atomic E-state index is -0.714. The van der Waals surface area contributed by atoms with Gasteiger partial charge < -0.3 is 19.3 Å². The van der Waals surface area contributed by atoms with Crippen molar-refractivity contribution in [2.75, 3.05) is 26.4 Å². The quantitative estimate of drug-likeness (QED) is 0.203. The van der Waals surface area contributed by atoms with Crippen LogP contribution in [0, 0.1) is 10.8 Å². The number of ether oxygens (including phenoxy) is 3. The molecule has 0 rings (SSSR count). The second-order valence-corrected chi connectivity index (χ2v) is 7.75. The van der Waals surface area contributed by atoms with Crippen LogP contribution in [0.5, 0.6) is 0 Å². The summed E-state index contributed by atoms with van der Waals surface area (Å²) in [6.07, 6.45) is 1.95. The zero-order valence-electron chi connectivity index (χ0n) is 17.7. The lowest BCUT2D eigenvalue weighted by Crippen LogP contribution is -2.32. The molecular weight excluding hydrogens is 368 g/mol. The maximum Gasteiger partial charge on any atom is 0.313 e. The van der Waals surface area contributed by atoms with E-state index in [1.165, 1.54) is 6.92 Å². The number of hydrogen-bond donors (Lipinski definition) is 1. The van der Waals surface area contributed by atoms with E-state index in [1.54, 1.807) is 20.8 Å². The van der Waals surface area contributed by atoms with E-state index in [2.05, 4.69) is 0 Å². The number of Topliss-reactive ketones (excluding diaryl/α,β-unsaturated/α-hetero) is 1. The summed E-state index contributed by atoms with van der Waals surface area (Å²) in [5, 5.41) is 8.74. The standard InChI is InChI=1S/C20H34O8/c1-6-20(5,9-7-8-19(3,4)17(24)27-11-10-21)18(25)28-13-12-26-16(23)14-15(2)22/h21H,6-14H2,1-5H3. The molecule has 162 valence electrons. The van der Waals surface area contributed by atoms with Crippen molar-refractivity contribution in [2.24, 2.45) is 10.8 Å². The normalized spacial score (nSPS) is 13.4. The van der Waals surface area contributed by atoms with Gasteiger partial charge in [-0.15, -0.1) is 0 Å². The molecule has 1 atom stereocenters. The molecule has 0 fully saturated rings. The molecule has 0 bridgehead atoms. The molecule has 28 heavy (non-hydrogen) atoms. The topological polar surface area (TPSA) is 116 Å². The van der Waals surface area contributed by atoms with Crippen LogP contribution in [-0.4, -0.2) is 55.2 Å². The monoisotopic (exact) mass is 402 g/mol. The van der Waals surface area contributed by atoms with E-state index in [9.17, 15) is 19.2 Å². The fraction of sp³-hybridized carbons (Fsp3) is 0.800. The zero-order chi connectivity index (χ0) is 21.8. The summed E-state index contributed by atoms with van der Waals surface area (Å²) >= 11 is 0. The molecule has 0 saturated heterocycles. The predicted octanol–water partition coefficient (Wildman–Crippen LogP) is 2.20. The van der Waals surface area contributed by atoms with Crippen molar-refractivity contribution in [1.82, 2.24) is 0 Å². The van der Waals surface area contributed by atoms with Crippen molar-refractivity contribution < 1.29 is 38.5 Å². The number of carbonyl (C=O) groups is 4. The van der Waals surface area contributed by atoms with Crippen LogP contribution in [-0.2, 0) is 33.4 Å². The number of aliphatic hydroxyl groups excluding tert-OH is 1. The number of rotatable bonds is 14. The molecule has 0 aliphatic rings. The molecule has 8 heteroatoms. The molecule has 0 aliphatic carbocycles. The summed E-state index contributed by atoms with van der Waals surface area (Å²) in [6.45, 7) is 8.10. The molecule has 1 unspecified atom stereocenters.